The molecular weight excluding hydrogens is 400 g/mol. The lowest BCUT2D eigenvalue weighted by Crippen LogP contribution is -2.05. The van der Waals surface area contributed by atoms with E-state index in [4.69, 9.17) is 4.74 Å². The van der Waals surface area contributed by atoms with Gasteiger partial charge >= 0.3 is 6.18 Å². The molecule has 0 fully saturated rings. The third-order valence-electron chi connectivity index (χ3n) is 4.73. The van der Waals surface area contributed by atoms with Crippen molar-refractivity contribution in [1.82, 2.24) is 9.97 Å². The summed E-state index contributed by atoms with van der Waals surface area (Å²) in [7, 11) is 1.30. The van der Waals surface area contributed by atoms with E-state index in [1.54, 1.807) is 6.07 Å². The molecule has 0 radical (unpaired) electrons. The van der Waals surface area contributed by atoms with Crippen LogP contribution >= 0.6 is 0 Å². The number of H-pyrrole nitrogens is 1. The number of rotatable bonds is 4. The van der Waals surface area contributed by atoms with E-state index >= 15 is 0 Å². The van der Waals surface area contributed by atoms with Crippen molar-refractivity contribution >= 4 is 16.8 Å². The minimum atomic E-state index is -4.48. The van der Waals surface area contributed by atoms with Crippen molar-refractivity contribution in [2.24, 2.45) is 0 Å². The Bertz CT molecular complexity index is 1260. The molecule has 0 aliphatic heterocycles. The lowest BCUT2D eigenvalue weighted by Gasteiger charge is -2.09. The number of carbonyl (C=O) groups excluding carboxylic acids is 1. The summed E-state index contributed by atoms with van der Waals surface area (Å²) in [6.07, 6.45) is -1.67. The van der Waals surface area contributed by atoms with Crippen molar-refractivity contribution in [3.05, 3.63) is 83.4 Å². The van der Waals surface area contributed by atoms with Gasteiger partial charge in [-0.05, 0) is 35.9 Å². The van der Waals surface area contributed by atoms with Crippen LogP contribution in [0.4, 0.5) is 17.6 Å². The highest BCUT2D eigenvalue weighted by molar-refractivity contribution is 6.16. The fraction of sp³-hybridized carbons (Fsp3) is 0.0909. The number of hydrogen-bond donors (Lipinski definition) is 1. The Balaban J connectivity index is 1.81. The molecule has 0 unspecified atom stereocenters. The first-order chi connectivity index (χ1) is 14.3. The molecule has 152 valence electrons. The van der Waals surface area contributed by atoms with Crippen LogP contribution < -0.4 is 4.74 Å². The normalized spacial score (nSPS) is 11.6. The summed E-state index contributed by atoms with van der Waals surface area (Å²) >= 11 is 0. The van der Waals surface area contributed by atoms with Crippen LogP contribution in [0.25, 0.3) is 22.2 Å². The number of carbonyl (C=O) groups is 1. The van der Waals surface area contributed by atoms with Crippen molar-refractivity contribution in [1.29, 1.82) is 0 Å². The van der Waals surface area contributed by atoms with E-state index in [2.05, 4.69) is 9.97 Å². The van der Waals surface area contributed by atoms with Gasteiger partial charge in [0.05, 0.1) is 18.2 Å². The zero-order valence-electron chi connectivity index (χ0n) is 15.5. The van der Waals surface area contributed by atoms with Gasteiger partial charge < -0.3 is 9.72 Å². The first-order valence-electron chi connectivity index (χ1n) is 8.81. The largest absolute Gasteiger partial charge is 0.494 e. The predicted octanol–water partition coefficient (Wildman–Crippen LogP) is 5.63. The van der Waals surface area contributed by atoms with Crippen LogP contribution in [-0.2, 0) is 6.18 Å². The molecule has 2 heterocycles. The molecule has 0 aliphatic rings. The number of ether oxygens (including phenoxy) is 1. The number of hydrogen-bond acceptors (Lipinski definition) is 3. The summed E-state index contributed by atoms with van der Waals surface area (Å²) in [5, 5.41) is 0.372. The topological polar surface area (TPSA) is 55.0 Å². The maximum absolute atomic E-state index is 14.5. The van der Waals surface area contributed by atoms with Crippen LogP contribution in [-0.4, -0.2) is 22.9 Å². The monoisotopic (exact) mass is 414 g/mol. The number of fused-ring (bicyclic) bond motifs is 1. The Kier molecular flexibility index (Phi) is 4.77. The molecule has 4 aromatic rings. The predicted molar refractivity (Wildman–Crippen MR) is 103 cm³/mol. The highest BCUT2D eigenvalue weighted by atomic mass is 19.4. The molecule has 2 aromatic heterocycles. The van der Waals surface area contributed by atoms with E-state index < -0.39 is 23.3 Å². The molecule has 0 spiro atoms. The number of benzene rings is 2. The summed E-state index contributed by atoms with van der Waals surface area (Å²) in [6, 6.07) is 10.6. The Morgan fingerprint density at radius 3 is 2.53 bits per heavy atom. The molecule has 8 heteroatoms. The van der Waals surface area contributed by atoms with Crippen LogP contribution in [0.15, 0.2) is 60.9 Å². The number of alkyl halides is 3. The van der Waals surface area contributed by atoms with Gasteiger partial charge in [-0.2, -0.15) is 13.2 Å². The number of aromatic nitrogens is 2. The first kappa shape index (κ1) is 19.6. The van der Waals surface area contributed by atoms with Gasteiger partial charge in [0.2, 0.25) is 0 Å². The molecule has 0 saturated heterocycles. The van der Waals surface area contributed by atoms with E-state index in [1.165, 1.54) is 49.8 Å². The number of aromatic amines is 1. The van der Waals surface area contributed by atoms with Gasteiger partial charge in [0.25, 0.3) is 0 Å². The van der Waals surface area contributed by atoms with Gasteiger partial charge in [-0.15, -0.1) is 0 Å². The van der Waals surface area contributed by atoms with Crippen LogP contribution in [0.3, 0.4) is 0 Å². The van der Waals surface area contributed by atoms with E-state index in [9.17, 15) is 22.4 Å². The Morgan fingerprint density at radius 1 is 1.03 bits per heavy atom. The van der Waals surface area contributed by atoms with E-state index in [-0.39, 0.29) is 16.9 Å². The number of pyridine rings is 1. The zero-order valence-corrected chi connectivity index (χ0v) is 15.5. The van der Waals surface area contributed by atoms with Crippen molar-refractivity contribution in [2.75, 3.05) is 7.11 Å². The van der Waals surface area contributed by atoms with Crippen LogP contribution in [0.1, 0.15) is 21.5 Å². The molecule has 0 amide bonds. The van der Waals surface area contributed by atoms with Gasteiger partial charge in [0.1, 0.15) is 5.65 Å². The van der Waals surface area contributed by atoms with Gasteiger partial charge in [-0.1, -0.05) is 18.2 Å². The maximum atomic E-state index is 14.5. The van der Waals surface area contributed by atoms with Crippen molar-refractivity contribution in [2.45, 2.75) is 6.18 Å². The first-order valence-corrected chi connectivity index (χ1v) is 8.81. The third kappa shape index (κ3) is 3.41. The fourth-order valence-electron chi connectivity index (χ4n) is 3.21. The van der Waals surface area contributed by atoms with Gasteiger partial charge in [0, 0.05) is 28.9 Å². The summed E-state index contributed by atoms with van der Waals surface area (Å²) in [5.41, 5.74) is 0.235. The molecule has 0 aliphatic carbocycles. The molecule has 4 nitrogen and oxygen atoms in total. The maximum Gasteiger partial charge on any atom is 0.416 e. The quantitative estimate of drug-likeness (QED) is 0.348. The minimum absolute atomic E-state index is 0.0662. The summed E-state index contributed by atoms with van der Waals surface area (Å²) in [5.74, 6) is -1.45. The standard InChI is InChI=1S/C22H14F4N2O2/c1-30-18-7-3-6-15(19(18)23)20(29)17-11-28-21-16(17)9-13(10-27-21)12-4-2-5-14(8-12)22(24,25)26/h2-11H,1H3,(H,27,28). The summed E-state index contributed by atoms with van der Waals surface area (Å²) in [4.78, 5) is 20.0. The van der Waals surface area contributed by atoms with Gasteiger partial charge in [-0.3, -0.25) is 4.79 Å². The highest BCUT2D eigenvalue weighted by Gasteiger charge is 2.30. The second kappa shape index (κ2) is 7.29. The van der Waals surface area contributed by atoms with Crippen molar-refractivity contribution < 1.29 is 27.1 Å². The Morgan fingerprint density at radius 2 is 1.80 bits per heavy atom. The molecule has 0 bridgehead atoms. The van der Waals surface area contributed by atoms with Crippen molar-refractivity contribution in [3.63, 3.8) is 0 Å². The number of ketones is 1. The average Bonchev–Trinajstić information content (AvgIpc) is 3.16. The molecule has 1 N–H and O–H groups in total. The number of halogens is 4. The SMILES string of the molecule is COc1cccc(C(=O)c2c[nH]c3ncc(-c4cccc(C(F)(F)F)c4)cc23)c1F. The van der Waals surface area contributed by atoms with Gasteiger partial charge in [-0.25, -0.2) is 9.37 Å². The lowest BCUT2D eigenvalue weighted by molar-refractivity contribution is -0.137. The number of nitrogens with one attached hydrogen (secondary N) is 1. The van der Waals surface area contributed by atoms with Crippen molar-refractivity contribution in [3.8, 4) is 16.9 Å². The second-order valence-corrected chi connectivity index (χ2v) is 6.55. The third-order valence-corrected chi connectivity index (χ3v) is 4.73. The molecule has 30 heavy (non-hydrogen) atoms. The van der Waals surface area contributed by atoms with E-state index in [0.717, 1.165) is 12.1 Å². The van der Waals surface area contributed by atoms with E-state index in [1.807, 2.05) is 0 Å². The number of nitrogens with zero attached hydrogens (tertiary/aromatic N) is 1. The Labute approximate surface area is 168 Å². The minimum Gasteiger partial charge on any atom is -0.494 e. The van der Waals surface area contributed by atoms with Crippen LogP contribution in [0.2, 0.25) is 0 Å². The summed E-state index contributed by atoms with van der Waals surface area (Å²) in [6.45, 7) is 0. The number of methoxy groups -OCH3 is 1. The fourth-order valence-corrected chi connectivity index (χ4v) is 3.21. The van der Waals surface area contributed by atoms with E-state index in [0.29, 0.717) is 22.2 Å². The molecule has 0 atom stereocenters. The smallest absolute Gasteiger partial charge is 0.416 e. The van der Waals surface area contributed by atoms with Crippen LogP contribution in [0.5, 0.6) is 5.75 Å². The zero-order chi connectivity index (χ0) is 21.5. The lowest BCUT2D eigenvalue weighted by atomic mass is 9.99. The second-order valence-electron chi connectivity index (χ2n) is 6.55. The van der Waals surface area contributed by atoms with Gasteiger partial charge in [0.15, 0.2) is 17.3 Å². The highest BCUT2D eigenvalue weighted by Crippen LogP contribution is 2.33. The molecular formula is C22H14F4N2O2. The molecule has 0 saturated carbocycles. The Hall–Kier alpha value is -3.68. The molecule has 4 rings (SSSR count). The molecule has 2 aromatic carbocycles. The summed E-state index contributed by atoms with van der Waals surface area (Å²) < 4.78 is 58.6. The van der Waals surface area contributed by atoms with Crippen LogP contribution in [0, 0.1) is 5.82 Å². The average molecular weight is 414 g/mol.